The minimum Gasteiger partial charge on any atom is -0.394 e. The molecule has 0 saturated heterocycles. The molecule has 23 heavy (non-hydrogen) atoms. The maximum absolute atomic E-state index is 14.2. The van der Waals surface area contributed by atoms with E-state index in [1.54, 1.807) is 26.0 Å². The van der Waals surface area contributed by atoms with Crippen molar-refractivity contribution >= 4 is 34.0 Å². The molecule has 0 saturated carbocycles. The van der Waals surface area contributed by atoms with Crippen molar-refractivity contribution < 1.29 is 23.1 Å². The molecule has 1 atom stereocenters. The first kappa shape index (κ1) is 18.0. The number of anilines is 2. The SMILES string of the molecule is Cc1cc(I)ccc1N(OC(C)CO)c1ccc(F)c(F)c1F. The lowest BCUT2D eigenvalue weighted by atomic mass is 10.2. The summed E-state index contributed by atoms with van der Waals surface area (Å²) in [5, 5.41) is 10.3. The van der Waals surface area contributed by atoms with E-state index in [0.717, 1.165) is 26.3 Å². The van der Waals surface area contributed by atoms with Crippen LogP contribution in [0.2, 0.25) is 0 Å². The van der Waals surface area contributed by atoms with Crippen LogP contribution in [0.3, 0.4) is 0 Å². The summed E-state index contributed by atoms with van der Waals surface area (Å²) < 4.78 is 41.9. The predicted octanol–water partition coefficient (Wildman–Crippen LogP) is 4.47. The van der Waals surface area contributed by atoms with Gasteiger partial charge in [-0.2, -0.15) is 0 Å². The quantitative estimate of drug-likeness (QED) is 0.426. The van der Waals surface area contributed by atoms with Gasteiger partial charge in [-0.15, -0.1) is 0 Å². The second-order valence-corrected chi connectivity index (χ2v) is 6.26. The van der Waals surface area contributed by atoms with Crippen LogP contribution in [-0.4, -0.2) is 17.8 Å². The Morgan fingerprint density at radius 2 is 1.78 bits per heavy atom. The van der Waals surface area contributed by atoms with Crippen molar-refractivity contribution in [3.63, 3.8) is 0 Å². The monoisotopic (exact) mass is 437 g/mol. The highest BCUT2D eigenvalue weighted by Gasteiger charge is 2.23. The Hall–Kier alpha value is -1.32. The molecule has 1 N–H and O–H groups in total. The first-order valence-corrected chi connectivity index (χ1v) is 7.90. The van der Waals surface area contributed by atoms with Crippen molar-refractivity contribution in [2.45, 2.75) is 20.0 Å². The maximum Gasteiger partial charge on any atom is 0.196 e. The molecule has 0 fully saturated rings. The summed E-state index contributed by atoms with van der Waals surface area (Å²) in [5.74, 6) is -4.20. The fourth-order valence-electron chi connectivity index (χ4n) is 1.98. The van der Waals surface area contributed by atoms with E-state index in [1.807, 2.05) is 6.07 Å². The van der Waals surface area contributed by atoms with Crippen molar-refractivity contribution in [1.29, 1.82) is 0 Å². The minimum absolute atomic E-state index is 0.270. The van der Waals surface area contributed by atoms with Crippen LogP contribution in [0.5, 0.6) is 0 Å². The topological polar surface area (TPSA) is 32.7 Å². The lowest BCUT2D eigenvalue weighted by molar-refractivity contribution is 0.0238. The zero-order chi connectivity index (χ0) is 17.1. The second-order valence-electron chi connectivity index (χ2n) is 5.02. The van der Waals surface area contributed by atoms with Gasteiger partial charge in [0.2, 0.25) is 0 Å². The summed E-state index contributed by atoms with van der Waals surface area (Å²) in [4.78, 5) is 5.52. The number of benzene rings is 2. The summed E-state index contributed by atoms with van der Waals surface area (Å²) >= 11 is 2.13. The number of halogens is 4. The molecule has 124 valence electrons. The fraction of sp³-hybridized carbons (Fsp3) is 0.250. The summed E-state index contributed by atoms with van der Waals surface area (Å²) in [6, 6.07) is 7.22. The van der Waals surface area contributed by atoms with E-state index >= 15 is 0 Å². The molecule has 2 aromatic carbocycles. The van der Waals surface area contributed by atoms with Crippen LogP contribution in [0, 0.1) is 27.9 Å². The molecular formula is C16H15F3INO2. The van der Waals surface area contributed by atoms with Gasteiger partial charge in [0, 0.05) is 3.57 Å². The van der Waals surface area contributed by atoms with Gasteiger partial charge in [0.15, 0.2) is 17.5 Å². The molecule has 0 amide bonds. The number of aliphatic hydroxyl groups excluding tert-OH is 1. The molecule has 0 aliphatic rings. The summed E-state index contributed by atoms with van der Waals surface area (Å²) in [6.45, 7) is 3.05. The molecule has 0 spiro atoms. The van der Waals surface area contributed by atoms with Gasteiger partial charge < -0.3 is 5.11 Å². The summed E-state index contributed by atoms with van der Waals surface area (Å²) in [7, 11) is 0. The molecule has 7 heteroatoms. The third-order valence-electron chi connectivity index (χ3n) is 3.15. The fourth-order valence-corrected chi connectivity index (χ4v) is 2.62. The van der Waals surface area contributed by atoms with E-state index in [1.165, 1.54) is 0 Å². The zero-order valence-corrected chi connectivity index (χ0v) is 14.6. The normalized spacial score (nSPS) is 12.3. The third kappa shape index (κ3) is 3.96. The van der Waals surface area contributed by atoms with Gasteiger partial charge in [0.25, 0.3) is 0 Å². The molecular weight excluding hydrogens is 422 g/mol. The standard InChI is InChI=1S/C16H15F3INO2/c1-9-7-11(20)3-5-13(9)21(23-10(2)8-22)14-6-4-12(17)15(18)16(14)19/h3-7,10,22H,8H2,1-2H3. The lowest BCUT2D eigenvalue weighted by Crippen LogP contribution is -2.28. The van der Waals surface area contributed by atoms with Gasteiger partial charge in [-0.3, -0.25) is 4.84 Å². The Morgan fingerprint density at radius 1 is 1.13 bits per heavy atom. The van der Waals surface area contributed by atoms with E-state index in [-0.39, 0.29) is 12.3 Å². The Labute approximate surface area is 145 Å². The van der Waals surface area contributed by atoms with Gasteiger partial charge in [-0.1, -0.05) is 0 Å². The Kier molecular flexibility index (Phi) is 5.88. The Morgan fingerprint density at radius 3 is 2.39 bits per heavy atom. The molecule has 0 aliphatic carbocycles. The molecule has 0 bridgehead atoms. The van der Waals surface area contributed by atoms with Crippen LogP contribution < -0.4 is 5.06 Å². The van der Waals surface area contributed by atoms with Crippen molar-refractivity contribution in [2.75, 3.05) is 11.7 Å². The molecule has 3 nitrogen and oxygen atoms in total. The predicted molar refractivity (Wildman–Crippen MR) is 90.0 cm³/mol. The molecule has 2 aromatic rings. The van der Waals surface area contributed by atoms with E-state index in [0.29, 0.717) is 5.69 Å². The van der Waals surface area contributed by atoms with Gasteiger partial charge in [0.1, 0.15) is 11.8 Å². The van der Waals surface area contributed by atoms with E-state index < -0.39 is 23.6 Å². The zero-order valence-electron chi connectivity index (χ0n) is 12.5. The number of rotatable bonds is 5. The van der Waals surface area contributed by atoms with E-state index in [4.69, 9.17) is 4.84 Å². The molecule has 1 unspecified atom stereocenters. The van der Waals surface area contributed by atoms with Gasteiger partial charge in [0.05, 0.1) is 12.3 Å². The molecule has 0 aliphatic heterocycles. The molecule has 0 aromatic heterocycles. The smallest absolute Gasteiger partial charge is 0.196 e. The van der Waals surface area contributed by atoms with Crippen LogP contribution in [0.1, 0.15) is 12.5 Å². The number of nitrogens with zero attached hydrogens (tertiary/aromatic N) is 1. The number of aryl methyl sites for hydroxylation is 1. The Balaban J connectivity index is 2.57. The van der Waals surface area contributed by atoms with Crippen LogP contribution in [0.25, 0.3) is 0 Å². The number of hydrogen-bond acceptors (Lipinski definition) is 3. The molecule has 0 radical (unpaired) electrons. The number of hydrogen-bond donors (Lipinski definition) is 1. The highest BCUT2D eigenvalue weighted by atomic mass is 127. The summed E-state index contributed by atoms with van der Waals surface area (Å²) in [5.41, 5.74) is 0.954. The lowest BCUT2D eigenvalue weighted by Gasteiger charge is -2.28. The Bertz CT molecular complexity index is 712. The van der Waals surface area contributed by atoms with Crippen LogP contribution in [0.15, 0.2) is 30.3 Å². The average Bonchev–Trinajstić information content (AvgIpc) is 2.51. The highest BCUT2D eigenvalue weighted by Crippen LogP contribution is 2.33. The van der Waals surface area contributed by atoms with Gasteiger partial charge >= 0.3 is 0 Å². The molecule has 0 heterocycles. The van der Waals surface area contributed by atoms with Crippen LogP contribution in [-0.2, 0) is 4.84 Å². The van der Waals surface area contributed by atoms with E-state index in [2.05, 4.69) is 22.6 Å². The molecule has 2 rings (SSSR count). The first-order valence-electron chi connectivity index (χ1n) is 6.82. The number of aliphatic hydroxyl groups is 1. The highest BCUT2D eigenvalue weighted by molar-refractivity contribution is 14.1. The third-order valence-corrected chi connectivity index (χ3v) is 3.82. The van der Waals surface area contributed by atoms with Crippen molar-refractivity contribution in [3.8, 4) is 0 Å². The van der Waals surface area contributed by atoms with Crippen molar-refractivity contribution in [2.24, 2.45) is 0 Å². The van der Waals surface area contributed by atoms with Crippen LogP contribution >= 0.6 is 22.6 Å². The van der Waals surface area contributed by atoms with Gasteiger partial charge in [-0.05, 0) is 72.3 Å². The van der Waals surface area contributed by atoms with Gasteiger partial charge in [-0.25, -0.2) is 18.2 Å². The van der Waals surface area contributed by atoms with Crippen LogP contribution in [0.4, 0.5) is 24.5 Å². The maximum atomic E-state index is 14.2. The second kappa shape index (κ2) is 7.50. The van der Waals surface area contributed by atoms with E-state index in [9.17, 15) is 18.3 Å². The average molecular weight is 437 g/mol. The minimum atomic E-state index is -1.57. The first-order chi connectivity index (χ1) is 10.8. The largest absolute Gasteiger partial charge is 0.394 e. The van der Waals surface area contributed by atoms with Crippen molar-refractivity contribution in [3.05, 3.63) is 56.9 Å². The summed E-state index contributed by atoms with van der Waals surface area (Å²) in [6.07, 6.45) is -0.666. The van der Waals surface area contributed by atoms with Crippen molar-refractivity contribution in [1.82, 2.24) is 0 Å².